The molecule has 0 fully saturated rings. The molecule has 176 valence electrons. The molecule has 35 heavy (non-hydrogen) atoms. The van der Waals surface area contributed by atoms with Crippen molar-refractivity contribution in [2.24, 2.45) is 23.7 Å². The first-order valence-corrected chi connectivity index (χ1v) is 12.1. The van der Waals surface area contributed by atoms with E-state index >= 15 is 0 Å². The van der Waals surface area contributed by atoms with Gasteiger partial charge in [-0.2, -0.15) is 0 Å². The smallest absolute Gasteiger partial charge is 0.251 e. The van der Waals surface area contributed by atoms with Gasteiger partial charge in [0.2, 0.25) is 0 Å². The maximum absolute atomic E-state index is 12.8. The lowest BCUT2D eigenvalue weighted by Gasteiger charge is -2.35. The van der Waals surface area contributed by atoms with Gasteiger partial charge in [0.1, 0.15) is 0 Å². The highest BCUT2D eigenvalue weighted by molar-refractivity contribution is 6.30. The summed E-state index contributed by atoms with van der Waals surface area (Å²) in [7, 11) is 1.81. The van der Waals surface area contributed by atoms with E-state index in [1.54, 1.807) is 10.6 Å². The number of aromatic nitrogens is 1. The van der Waals surface area contributed by atoms with Gasteiger partial charge in [-0.25, -0.2) is 0 Å². The standard InChI is InChI=1S/C30H28ClN3O/c1-19-17-33-18-27(19)30(2,22-9-7-20(16-32)8-10-22)23-11-12-28-26(14-23)25(15-29(35)34(28)3)21-5-4-6-24(31)13-21/h4-15,17-19H,16,32H2,1-3H3. The lowest BCUT2D eigenvalue weighted by molar-refractivity contribution is 0.623. The van der Waals surface area contributed by atoms with Crippen LogP contribution in [-0.4, -0.2) is 10.8 Å². The molecule has 2 atom stereocenters. The zero-order chi connectivity index (χ0) is 24.7. The number of hydrogen-bond acceptors (Lipinski definition) is 3. The number of nitrogens with two attached hydrogens (primary N) is 1. The molecule has 0 bridgehead atoms. The van der Waals surface area contributed by atoms with Gasteiger partial charge in [-0.15, -0.1) is 0 Å². The summed E-state index contributed by atoms with van der Waals surface area (Å²) in [6, 6.07) is 24.3. The van der Waals surface area contributed by atoms with E-state index in [0.29, 0.717) is 11.6 Å². The van der Waals surface area contributed by atoms with E-state index in [9.17, 15) is 4.79 Å². The van der Waals surface area contributed by atoms with E-state index in [1.165, 1.54) is 11.1 Å². The molecule has 0 saturated heterocycles. The summed E-state index contributed by atoms with van der Waals surface area (Å²) >= 11 is 6.31. The topological polar surface area (TPSA) is 60.4 Å². The van der Waals surface area contributed by atoms with Crippen LogP contribution in [0.15, 0.2) is 94.4 Å². The molecule has 5 heteroatoms. The number of rotatable bonds is 5. The quantitative estimate of drug-likeness (QED) is 0.367. The second-order valence-electron chi connectivity index (χ2n) is 9.39. The molecule has 2 unspecified atom stereocenters. The van der Waals surface area contributed by atoms with Crippen molar-refractivity contribution in [3.8, 4) is 11.1 Å². The third-order valence-electron chi connectivity index (χ3n) is 7.32. The lowest BCUT2D eigenvalue weighted by atomic mass is 9.67. The summed E-state index contributed by atoms with van der Waals surface area (Å²) in [6.45, 7) is 4.94. The van der Waals surface area contributed by atoms with Gasteiger partial charge in [-0.3, -0.25) is 9.79 Å². The Hall–Kier alpha value is -3.47. The molecule has 4 nitrogen and oxygen atoms in total. The Kier molecular flexibility index (Phi) is 5.96. The third kappa shape index (κ3) is 3.93. The van der Waals surface area contributed by atoms with E-state index in [-0.39, 0.29) is 11.5 Å². The Morgan fingerprint density at radius 2 is 1.77 bits per heavy atom. The molecule has 1 aliphatic heterocycles. The molecule has 2 N–H and O–H groups in total. The molecule has 1 aromatic heterocycles. The molecular formula is C30H28ClN3O. The van der Waals surface area contributed by atoms with Crippen molar-refractivity contribution >= 4 is 28.7 Å². The molecule has 3 aromatic carbocycles. The number of halogens is 1. The van der Waals surface area contributed by atoms with Gasteiger partial charge in [0, 0.05) is 53.8 Å². The summed E-state index contributed by atoms with van der Waals surface area (Å²) < 4.78 is 1.70. The number of hydrogen-bond donors (Lipinski definition) is 1. The molecular weight excluding hydrogens is 454 g/mol. The summed E-state index contributed by atoms with van der Waals surface area (Å²) in [4.78, 5) is 17.3. The van der Waals surface area contributed by atoms with Crippen molar-refractivity contribution in [1.29, 1.82) is 0 Å². The van der Waals surface area contributed by atoms with Crippen LogP contribution in [0.2, 0.25) is 5.02 Å². The molecule has 4 aromatic rings. The molecule has 0 radical (unpaired) electrons. The van der Waals surface area contributed by atoms with Crippen LogP contribution >= 0.6 is 11.6 Å². The largest absolute Gasteiger partial charge is 0.326 e. The maximum atomic E-state index is 12.8. The van der Waals surface area contributed by atoms with Crippen LogP contribution in [-0.2, 0) is 19.0 Å². The summed E-state index contributed by atoms with van der Waals surface area (Å²) in [5.74, 6) is 0.206. The monoisotopic (exact) mass is 481 g/mol. The van der Waals surface area contributed by atoms with E-state index in [1.807, 2.05) is 49.8 Å². The maximum Gasteiger partial charge on any atom is 0.251 e. The fourth-order valence-corrected chi connectivity index (χ4v) is 5.37. The van der Waals surface area contributed by atoms with Gasteiger partial charge >= 0.3 is 0 Å². The van der Waals surface area contributed by atoms with Crippen molar-refractivity contribution in [2.75, 3.05) is 0 Å². The van der Waals surface area contributed by atoms with Crippen LogP contribution < -0.4 is 11.3 Å². The van der Waals surface area contributed by atoms with Crippen molar-refractivity contribution < 1.29 is 0 Å². The minimum absolute atomic E-state index is 0.0547. The highest BCUT2D eigenvalue weighted by Crippen LogP contribution is 2.44. The Morgan fingerprint density at radius 3 is 2.43 bits per heavy atom. The van der Waals surface area contributed by atoms with Crippen molar-refractivity contribution in [1.82, 2.24) is 4.57 Å². The first-order valence-electron chi connectivity index (χ1n) is 11.8. The zero-order valence-corrected chi connectivity index (χ0v) is 20.9. The summed E-state index contributed by atoms with van der Waals surface area (Å²) in [5.41, 5.74) is 12.7. The Labute approximate surface area is 210 Å². The van der Waals surface area contributed by atoms with Crippen LogP contribution in [0.3, 0.4) is 0 Å². The number of nitrogens with zero attached hydrogens (tertiary/aromatic N) is 2. The molecule has 0 saturated carbocycles. The molecule has 0 amide bonds. The fraction of sp³-hybridized carbons (Fsp3) is 0.200. The number of allylic oxidation sites excluding steroid dienone is 1. The molecule has 1 aliphatic rings. The third-order valence-corrected chi connectivity index (χ3v) is 7.55. The van der Waals surface area contributed by atoms with Gasteiger partial charge in [0.15, 0.2) is 0 Å². The molecule has 0 spiro atoms. The van der Waals surface area contributed by atoms with E-state index < -0.39 is 5.41 Å². The van der Waals surface area contributed by atoms with Crippen LogP contribution in [0.5, 0.6) is 0 Å². The van der Waals surface area contributed by atoms with Gasteiger partial charge < -0.3 is 10.3 Å². The van der Waals surface area contributed by atoms with Gasteiger partial charge in [0.05, 0.1) is 5.52 Å². The van der Waals surface area contributed by atoms with E-state index in [0.717, 1.165) is 33.2 Å². The Balaban J connectivity index is 1.79. The van der Waals surface area contributed by atoms with Crippen LogP contribution in [0.4, 0.5) is 0 Å². The molecule has 0 aliphatic carbocycles. The number of benzene rings is 3. The second kappa shape index (κ2) is 8.95. The molecule has 2 heterocycles. The number of fused-ring (bicyclic) bond motifs is 1. The number of pyridine rings is 1. The highest BCUT2D eigenvalue weighted by atomic mass is 35.5. The number of aliphatic imine (C=N–C) groups is 1. The van der Waals surface area contributed by atoms with E-state index in [2.05, 4.69) is 55.2 Å². The first-order chi connectivity index (χ1) is 16.8. The van der Waals surface area contributed by atoms with Gasteiger partial charge in [0.25, 0.3) is 5.56 Å². The van der Waals surface area contributed by atoms with Crippen LogP contribution in [0.25, 0.3) is 22.0 Å². The Bertz CT molecular complexity index is 1550. The van der Waals surface area contributed by atoms with Gasteiger partial charge in [-0.1, -0.05) is 61.0 Å². The normalized spacial score (nSPS) is 16.9. The average Bonchev–Trinajstić information content (AvgIpc) is 3.31. The number of aryl methyl sites for hydroxylation is 1. The second-order valence-corrected chi connectivity index (χ2v) is 9.83. The van der Waals surface area contributed by atoms with Crippen molar-refractivity contribution in [3.63, 3.8) is 0 Å². The average molecular weight is 482 g/mol. The first kappa shape index (κ1) is 23.3. The van der Waals surface area contributed by atoms with Crippen LogP contribution in [0, 0.1) is 5.92 Å². The summed E-state index contributed by atoms with van der Waals surface area (Å²) in [5, 5.41) is 1.64. The molecule has 5 rings (SSSR count). The lowest BCUT2D eigenvalue weighted by Crippen LogP contribution is -2.29. The minimum atomic E-state index is -0.419. The van der Waals surface area contributed by atoms with Gasteiger partial charge in [-0.05, 0) is 64.6 Å². The predicted molar refractivity (Wildman–Crippen MR) is 146 cm³/mol. The van der Waals surface area contributed by atoms with Crippen LogP contribution in [0.1, 0.15) is 30.5 Å². The minimum Gasteiger partial charge on any atom is -0.326 e. The zero-order valence-electron chi connectivity index (χ0n) is 20.1. The fourth-order valence-electron chi connectivity index (χ4n) is 5.18. The SMILES string of the molecule is CC1C=NC=C1C(C)(c1ccc(CN)cc1)c1ccc2c(c1)c(-c1cccc(Cl)c1)cc(=O)n2C. The van der Waals surface area contributed by atoms with Crippen molar-refractivity contribution in [3.05, 3.63) is 117 Å². The summed E-state index contributed by atoms with van der Waals surface area (Å²) in [6.07, 6.45) is 3.98. The van der Waals surface area contributed by atoms with Crippen molar-refractivity contribution in [2.45, 2.75) is 25.8 Å². The highest BCUT2D eigenvalue weighted by Gasteiger charge is 2.37. The Morgan fingerprint density at radius 1 is 1.03 bits per heavy atom. The predicted octanol–water partition coefficient (Wildman–Crippen LogP) is 6.23. The van der Waals surface area contributed by atoms with E-state index in [4.69, 9.17) is 17.3 Å².